The van der Waals surface area contributed by atoms with Crippen LogP contribution in [0.15, 0.2) is 47.1 Å². The maximum Gasteiger partial charge on any atom is 0.257 e. The maximum atomic E-state index is 12.6. The normalized spacial score (nSPS) is 10.5. The van der Waals surface area contributed by atoms with Crippen LogP contribution in [0.25, 0.3) is 0 Å². The van der Waals surface area contributed by atoms with Crippen molar-refractivity contribution in [2.45, 2.75) is 19.9 Å². The van der Waals surface area contributed by atoms with Crippen molar-refractivity contribution in [3.05, 3.63) is 59.5 Å². The van der Waals surface area contributed by atoms with Crippen molar-refractivity contribution in [1.29, 1.82) is 0 Å². The Labute approximate surface area is 127 Å². The van der Waals surface area contributed by atoms with Crippen LogP contribution in [0.2, 0.25) is 0 Å². The summed E-state index contributed by atoms with van der Waals surface area (Å²) in [7, 11) is 0. The maximum absolute atomic E-state index is 12.6. The number of hydrogen-bond acceptors (Lipinski definition) is 2. The summed E-state index contributed by atoms with van der Waals surface area (Å²) in [6, 6.07) is 11.8. The van der Waals surface area contributed by atoms with E-state index in [1.54, 1.807) is 12.3 Å². The summed E-state index contributed by atoms with van der Waals surface area (Å²) in [4.78, 5) is 14.5. The van der Waals surface area contributed by atoms with E-state index in [1.165, 1.54) is 0 Å². The van der Waals surface area contributed by atoms with Crippen molar-refractivity contribution in [2.24, 2.45) is 0 Å². The quantitative estimate of drug-likeness (QED) is 0.750. The van der Waals surface area contributed by atoms with Gasteiger partial charge in [0.05, 0.1) is 11.8 Å². The van der Waals surface area contributed by atoms with Gasteiger partial charge in [-0.25, -0.2) is 0 Å². The highest BCUT2D eigenvalue weighted by atomic mass is 79.9. The lowest BCUT2D eigenvalue weighted by atomic mass is 10.1. The van der Waals surface area contributed by atoms with Crippen molar-refractivity contribution in [3.63, 3.8) is 0 Å². The molecule has 0 bridgehead atoms. The van der Waals surface area contributed by atoms with Gasteiger partial charge in [0.15, 0.2) is 0 Å². The second-order valence-corrected chi connectivity index (χ2v) is 5.31. The molecule has 0 aliphatic heterocycles. The highest BCUT2D eigenvalue weighted by molar-refractivity contribution is 9.09. The Morgan fingerprint density at radius 1 is 1.25 bits per heavy atom. The molecule has 0 radical (unpaired) electrons. The molecule has 0 saturated heterocycles. The molecule has 0 aliphatic rings. The first kappa shape index (κ1) is 14.9. The molecule has 2 rings (SSSR count). The number of aryl methyl sites for hydroxylation is 1. The molecule has 20 heavy (non-hydrogen) atoms. The number of alkyl halides is 1. The van der Waals surface area contributed by atoms with Crippen LogP contribution < -0.4 is 0 Å². The zero-order valence-electron chi connectivity index (χ0n) is 11.5. The Morgan fingerprint density at radius 2 is 2.00 bits per heavy atom. The standard InChI is InChI=1S/C16H18BrNO2/c1-2-15-14(8-11-20-15)16(19)18(10-9-17)12-13-6-4-3-5-7-13/h3-8,11H,2,9-10,12H2,1H3. The highest BCUT2D eigenvalue weighted by Crippen LogP contribution is 2.16. The largest absolute Gasteiger partial charge is 0.469 e. The molecule has 0 aliphatic carbocycles. The topological polar surface area (TPSA) is 33.5 Å². The molecule has 0 atom stereocenters. The number of amides is 1. The van der Waals surface area contributed by atoms with Gasteiger partial charge < -0.3 is 9.32 Å². The summed E-state index contributed by atoms with van der Waals surface area (Å²) < 4.78 is 5.35. The third-order valence-electron chi connectivity index (χ3n) is 3.15. The SMILES string of the molecule is CCc1occc1C(=O)N(CCBr)Cc1ccccc1. The molecule has 0 saturated carbocycles. The smallest absolute Gasteiger partial charge is 0.257 e. The molecule has 1 aromatic heterocycles. The molecule has 0 N–H and O–H groups in total. The molecular formula is C16H18BrNO2. The average molecular weight is 336 g/mol. The molecule has 0 unspecified atom stereocenters. The molecule has 1 aromatic carbocycles. The molecule has 1 amide bonds. The fourth-order valence-corrected chi connectivity index (χ4v) is 2.56. The van der Waals surface area contributed by atoms with Crippen molar-refractivity contribution in [2.75, 3.05) is 11.9 Å². The number of nitrogens with zero attached hydrogens (tertiary/aromatic N) is 1. The highest BCUT2D eigenvalue weighted by Gasteiger charge is 2.20. The van der Waals surface area contributed by atoms with Crippen molar-refractivity contribution in [1.82, 2.24) is 4.90 Å². The van der Waals surface area contributed by atoms with Gasteiger partial charge in [-0.2, -0.15) is 0 Å². The summed E-state index contributed by atoms with van der Waals surface area (Å²) >= 11 is 3.41. The third-order valence-corrected chi connectivity index (χ3v) is 3.51. The van der Waals surface area contributed by atoms with Gasteiger partial charge in [0, 0.05) is 24.8 Å². The van der Waals surface area contributed by atoms with Crippen LogP contribution in [-0.2, 0) is 13.0 Å². The molecule has 0 spiro atoms. The number of rotatable bonds is 6. The molecule has 4 heteroatoms. The summed E-state index contributed by atoms with van der Waals surface area (Å²) in [5, 5.41) is 0.755. The van der Waals surface area contributed by atoms with Crippen molar-refractivity contribution < 1.29 is 9.21 Å². The Hall–Kier alpha value is -1.55. The van der Waals surface area contributed by atoms with E-state index in [4.69, 9.17) is 4.42 Å². The van der Waals surface area contributed by atoms with Gasteiger partial charge in [0.1, 0.15) is 5.76 Å². The zero-order valence-corrected chi connectivity index (χ0v) is 13.1. The number of benzene rings is 1. The van der Waals surface area contributed by atoms with Crippen LogP contribution in [0.1, 0.15) is 28.6 Å². The summed E-state index contributed by atoms with van der Waals surface area (Å²) in [5.74, 6) is 0.779. The van der Waals surface area contributed by atoms with E-state index < -0.39 is 0 Å². The van der Waals surface area contributed by atoms with Crippen LogP contribution in [-0.4, -0.2) is 22.7 Å². The molecule has 1 heterocycles. The first-order chi connectivity index (χ1) is 9.76. The Balaban J connectivity index is 2.18. The summed E-state index contributed by atoms with van der Waals surface area (Å²) in [5.41, 5.74) is 1.80. The lowest BCUT2D eigenvalue weighted by Gasteiger charge is -2.21. The second kappa shape index (κ2) is 7.29. The first-order valence-electron chi connectivity index (χ1n) is 6.71. The molecule has 106 valence electrons. The van der Waals surface area contributed by atoms with Gasteiger partial charge in [-0.1, -0.05) is 53.2 Å². The zero-order chi connectivity index (χ0) is 14.4. The average Bonchev–Trinajstić information content (AvgIpc) is 2.95. The predicted molar refractivity (Wildman–Crippen MR) is 83.1 cm³/mol. The van der Waals surface area contributed by atoms with Gasteiger partial charge in [-0.3, -0.25) is 4.79 Å². The van der Waals surface area contributed by atoms with Crippen LogP contribution >= 0.6 is 15.9 Å². The second-order valence-electron chi connectivity index (χ2n) is 4.51. The van der Waals surface area contributed by atoms with Gasteiger partial charge in [-0.15, -0.1) is 0 Å². The van der Waals surface area contributed by atoms with Crippen LogP contribution in [0, 0.1) is 0 Å². The first-order valence-corrected chi connectivity index (χ1v) is 7.84. The van der Waals surface area contributed by atoms with E-state index in [-0.39, 0.29) is 5.91 Å². The molecule has 0 fully saturated rings. The third kappa shape index (κ3) is 3.51. The van der Waals surface area contributed by atoms with Gasteiger partial charge in [-0.05, 0) is 11.6 Å². The number of halogens is 1. The Morgan fingerprint density at radius 3 is 2.65 bits per heavy atom. The van der Waals surface area contributed by atoms with E-state index in [0.717, 1.165) is 23.1 Å². The number of furan rings is 1. The lowest BCUT2D eigenvalue weighted by Crippen LogP contribution is -2.32. The monoisotopic (exact) mass is 335 g/mol. The van der Waals surface area contributed by atoms with Gasteiger partial charge in [0.25, 0.3) is 5.91 Å². The van der Waals surface area contributed by atoms with Gasteiger partial charge >= 0.3 is 0 Å². The Bertz CT molecular complexity index is 551. The number of hydrogen-bond donors (Lipinski definition) is 0. The Kier molecular flexibility index (Phi) is 5.41. The lowest BCUT2D eigenvalue weighted by molar-refractivity contribution is 0.0752. The minimum atomic E-state index is 0.0268. The minimum Gasteiger partial charge on any atom is -0.469 e. The molecular weight excluding hydrogens is 318 g/mol. The van der Waals surface area contributed by atoms with Crippen LogP contribution in [0.3, 0.4) is 0 Å². The molecule has 2 aromatic rings. The van der Waals surface area contributed by atoms with Crippen LogP contribution in [0.4, 0.5) is 0 Å². The minimum absolute atomic E-state index is 0.0268. The van der Waals surface area contributed by atoms with Crippen LogP contribution in [0.5, 0.6) is 0 Å². The summed E-state index contributed by atoms with van der Waals surface area (Å²) in [6.07, 6.45) is 2.31. The predicted octanol–water partition coefficient (Wildman–Crippen LogP) is 3.88. The van der Waals surface area contributed by atoms with E-state index in [9.17, 15) is 4.79 Å². The van der Waals surface area contributed by atoms with Crippen molar-refractivity contribution >= 4 is 21.8 Å². The number of carbonyl (C=O) groups excluding carboxylic acids is 1. The fraction of sp³-hybridized carbons (Fsp3) is 0.312. The van der Waals surface area contributed by atoms with Crippen molar-refractivity contribution in [3.8, 4) is 0 Å². The fourth-order valence-electron chi connectivity index (χ4n) is 2.13. The van der Waals surface area contributed by atoms with E-state index >= 15 is 0 Å². The van der Waals surface area contributed by atoms with Gasteiger partial charge in [0.2, 0.25) is 0 Å². The van der Waals surface area contributed by atoms with E-state index in [1.807, 2.05) is 42.2 Å². The van der Waals surface area contributed by atoms with E-state index in [0.29, 0.717) is 18.7 Å². The van der Waals surface area contributed by atoms with E-state index in [2.05, 4.69) is 15.9 Å². The number of carbonyl (C=O) groups is 1. The summed E-state index contributed by atoms with van der Waals surface area (Å²) in [6.45, 7) is 3.27. The molecule has 3 nitrogen and oxygen atoms in total.